The van der Waals surface area contributed by atoms with E-state index in [0.29, 0.717) is 13.2 Å². The second-order valence-corrected chi connectivity index (χ2v) is 9.96. The number of nitrogens with zero attached hydrogens (tertiary/aromatic N) is 1. The molecule has 2 unspecified atom stereocenters. The predicted octanol–water partition coefficient (Wildman–Crippen LogP) is 6.02. The highest BCUT2D eigenvalue weighted by Gasteiger charge is 2.50. The van der Waals surface area contributed by atoms with Crippen molar-refractivity contribution in [1.82, 2.24) is 0 Å². The lowest BCUT2D eigenvalue weighted by molar-refractivity contribution is 0.263. The molecule has 0 aromatic heterocycles. The normalized spacial score (nSPS) is 23.2. The Labute approximate surface area is 222 Å². The average Bonchev–Trinajstić information content (AvgIpc) is 3.91. The third kappa shape index (κ3) is 4.05. The summed E-state index contributed by atoms with van der Waals surface area (Å²) in [6.07, 6.45) is 0.429. The maximum absolute atomic E-state index is 5.97. The van der Waals surface area contributed by atoms with Gasteiger partial charge in [-0.05, 0) is 53.1 Å². The molecule has 0 radical (unpaired) electrons. The van der Waals surface area contributed by atoms with E-state index in [4.69, 9.17) is 18.9 Å². The zero-order chi connectivity index (χ0) is 25.5. The van der Waals surface area contributed by atoms with Crippen molar-refractivity contribution in [2.75, 3.05) is 31.3 Å². The van der Waals surface area contributed by atoms with E-state index in [1.165, 1.54) is 5.56 Å². The molecule has 0 saturated carbocycles. The fourth-order valence-corrected chi connectivity index (χ4v) is 5.45. The second kappa shape index (κ2) is 9.35. The Morgan fingerprint density at radius 1 is 0.684 bits per heavy atom. The van der Waals surface area contributed by atoms with Gasteiger partial charge in [-0.3, -0.25) is 0 Å². The van der Waals surface area contributed by atoms with Crippen LogP contribution in [0.15, 0.2) is 110 Å². The van der Waals surface area contributed by atoms with Gasteiger partial charge in [0, 0.05) is 16.9 Å². The van der Waals surface area contributed by atoms with Crippen LogP contribution in [-0.4, -0.2) is 38.6 Å². The van der Waals surface area contributed by atoms with Crippen molar-refractivity contribution in [3.63, 3.8) is 0 Å². The minimum Gasteiger partial charge on any atom is -0.491 e. The first kappa shape index (κ1) is 23.1. The second-order valence-electron chi connectivity index (χ2n) is 9.96. The average molecular weight is 504 g/mol. The number of fused-ring (bicyclic) bond motifs is 1. The molecule has 0 aliphatic carbocycles. The lowest BCUT2D eigenvalue weighted by Crippen LogP contribution is -2.42. The molecule has 0 N–H and O–H groups in total. The molecule has 38 heavy (non-hydrogen) atoms. The fourth-order valence-electron chi connectivity index (χ4n) is 5.45. The van der Waals surface area contributed by atoms with E-state index in [0.717, 1.165) is 52.8 Å². The molecule has 3 heterocycles. The first-order valence-electron chi connectivity index (χ1n) is 13.1. The predicted molar refractivity (Wildman–Crippen MR) is 148 cm³/mol. The number of para-hydroxylation sites is 1. The van der Waals surface area contributed by atoms with Gasteiger partial charge in [-0.1, -0.05) is 73.3 Å². The molecule has 190 valence electrons. The highest BCUT2D eigenvalue weighted by atomic mass is 16.6. The molecule has 2 saturated heterocycles. The summed E-state index contributed by atoms with van der Waals surface area (Å²) in [6, 6.07) is 35.9. The van der Waals surface area contributed by atoms with Crippen LogP contribution in [0.25, 0.3) is 5.70 Å². The molecule has 4 aromatic carbocycles. The number of benzene rings is 4. The van der Waals surface area contributed by atoms with Gasteiger partial charge in [-0.15, -0.1) is 0 Å². The summed E-state index contributed by atoms with van der Waals surface area (Å²) in [7, 11) is 0. The number of ether oxygens (including phenoxy) is 4. The number of hydrogen-bond donors (Lipinski definition) is 0. The molecule has 4 aromatic rings. The Morgan fingerprint density at radius 2 is 1.18 bits per heavy atom. The third-order valence-electron chi connectivity index (χ3n) is 7.47. The smallest absolute Gasteiger partial charge is 0.121 e. The largest absolute Gasteiger partial charge is 0.491 e. The van der Waals surface area contributed by atoms with Crippen LogP contribution >= 0.6 is 0 Å². The first-order chi connectivity index (χ1) is 18.7. The van der Waals surface area contributed by atoms with E-state index in [9.17, 15) is 0 Å². The summed E-state index contributed by atoms with van der Waals surface area (Å²) in [5.74, 6) is 1.67. The zero-order valence-electron chi connectivity index (χ0n) is 21.1. The van der Waals surface area contributed by atoms with Crippen molar-refractivity contribution < 1.29 is 18.9 Å². The monoisotopic (exact) mass is 503 g/mol. The Hall–Kier alpha value is -4.06. The van der Waals surface area contributed by atoms with Gasteiger partial charge in [-0.2, -0.15) is 0 Å². The van der Waals surface area contributed by atoms with E-state index in [2.05, 4.69) is 109 Å². The number of hydrogen-bond acceptors (Lipinski definition) is 5. The summed E-state index contributed by atoms with van der Waals surface area (Å²) < 4.78 is 22.6. The topological polar surface area (TPSA) is 46.8 Å². The van der Waals surface area contributed by atoms with Gasteiger partial charge in [0.25, 0.3) is 0 Å². The molecule has 5 nitrogen and oxygen atoms in total. The van der Waals surface area contributed by atoms with Gasteiger partial charge in [-0.25, -0.2) is 0 Å². The fraction of sp³-hybridized carbons (Fsp3) is 0.212. The van der Waals surface area contributed by atoms with Crippen LogP contribution in [0.3, 0.4) is 0 Å². The van der Waals surface area contributed by atoms with Crippen molar-refractivity contribution in [2.24, 2.45) is 0 Å². The Bertz CT molecular complexity index is 1380. The van der Waals surface area contributed by atoms with E-state index in [-0.39, 0.29) is 12.2 Å². The molecule has 2 fully saturated rings. The summed E-state index contributed by atoms with van der Waals surface area (Å²) >= 11 is 0. The molecule has 2 atom stereocenters. The summed E-state index contributed by atoms with van der Waals surface area (Å²) in [6.45, 7) is 7.30. The van der Waals surface area contributed by atoms with Crippen LogP contribution in [0.2, 0.25) is 0 Å². The van der Waals surface area contributed by atoms with E-state index < -0.39 is 5.54 Å². The third-order valence-corrected chi connectivity index (χ3v) is 7.47. The van der Waals surface area contributed by atoms with Crippen LogP contribution in [0.1, 0.15) is 22.3 Å². The zero-order valence-corrected chi connectivity index (χ0v) is 21.1. The first-order valence-corrected chi connectivity index (χ1v) is 13.1. The van der Waals surface area contributed by atoms with Crippen molar-refractivity contribution in [1.29, 1.82) is 0 Å². The Balaban J connectivity index is 1.38. The Kier molecular flexibility index (Phi) is 5.68. The number of rotatable bonds is 9. The van der Waals surface area contributed by atoms with Gasteiger partial charge in [0.05, 0.1) is 13.2 Å². The van der Waals surface area contributed by atoms with Crippen molar-refractivity contribution in [3.05, 3.63) is 132 Å². The molecule has 3 aliphatic rings. The minimum atomic E-state index is -0.634. The van der Waals surface area contributed by atoms with Crippen molar-refractivity contribution in [3.8, 4) is 11.5 Å². The Morgan fingerprint density at radius 3 is 1.71 bits per heavy atom. The SMILES string of the molecule is C=C1c2ccccc2C(c2ccc(OCC3CO3)cc2)(c2ccc(OCC3CO3)cc2)N1c1ccccc1. The molecule has 7 rings (SSSR count). The van der Waals surface area contributed by atoms with Gasteiger partial charge >= 0.3 is 0 Å². The van der Waals surface area contributed by atoms with Crippen LogP contribution in [0, 0.1) is 0 Å². The summed E-state index contributed by atoms with van der Waals surface area (Å²) in [4.78, 5) is 2.36. The van der Waals surface area contributed by atoms with Crippen LogP contribution in [0.5, 0.6) is 11.5 Å². The highest BCUT2D eigenvalue weighted by Crippen LogP contribution is 2.55. The van der Waals surface area contributed by atoms with Gasteiger partial charge in [0.1, 0.15) is 42.5 Å². The lowest BCUT2D eigenvalue weighted by Gasteiger charge is -2.42. The van der Waals surface area contributed by atoms with Crippen LogP contribution in [-0.2, 0) is 15.0 Å². The van der Waals surface area contributed by atoms with E-state index in [1.54, 1.807) is 0 Å². The lowest BCUT2D eigenvalue weighted by atomic mass is 9.76. The molecular formula is C33H29NO4. The molecular weight excluding hydrogens is 474 g/mol. The van der Waals surface area contributed by atoms with E-state index >= 15 is 0 Å². The quantitative estimate of drug-likeness (QED) is 0.261. The summed E-state index contributed by atoms with van der Waals surface area (Å²) in [5, 5.41) is 0. The van der Waals surface area contributed by atoms with Crippen molar-refractivity contribution in [2.45, 2.75) is 17.7 Å². The molecule has 5 heteroatoms. The number of anilines is 1. The molecule has 0 bridgehead atoms. The summed E-state index contributed by atoms with van der Waals surface area (Å²) in [5.41, 5.74) is 5.98. The van der Waals surface area contributed by atoms with E-state index in [1.807, 2.05) is 6.07 Å². The minimum absolute atomic E-state index is 0.215. The van der Waals surface area contributed by atoms with Crippen molar-refractivity contribution >= 4 is 11.4 Å². The maximum atomic E-state index is 5.97. The van der Waals surface area contributed by atoms with Gasteiger partial charge in [0.15, 0.2) is 0 Å². The molecule has 0 spiro atoms. The standard InChI is InChI=1S/C33H29NO4/c1-23-31-9-5-6-10-32(31)33(34(23)26-7-3-2-4-8-26,24-11-15-27(16-12-24)35-19-29-21-37-29)25-13-17-28(18-14-25)36-20-30-22-38-30/h2-18,29-30H,1,19-22H2. The number of epoxide rings is 2. The molecule has 3 aliphatic heterocycles. The maximum Gasteiger partial charge on any atom is 0.121 e. The van der Waals surface area contributed by atoms with Crippen LogP contribution < -0.4 is 14.4 Å². The highest BCUT2D eigenvalue weighted by molar-refractivity contribution is 5.91. The van der Waals surface area contributed by atoms with Gasteiger partial charge < -0.3 is 23.8 Å². The van der Waals surface area contributed by atoms with Crippen LogP contribution in [0.4, 0.5) is 5.69 Å². The van der Waals surface area contributed by atoms with Gasteiger partial charge in [0.2, 0.25) is 0 Å². The molecule has 0 amide bonds.